The smallest absolute Gasteiger partial charge is 0.344 e. The van der Waals surface area contributed by atoms with Gasteiger partial charge in [0.15, 0.2) is 0 Å². The number of benzene rings is 2. The van der Waals surface area contributed by atoms with Crippen molar-refractivity contribution in [3.63, 3.8) is 0 Å². The van der Waals surface area contributed by atoms with Gasteiger partial charge in [0.1, 0.15) is 11.5 Å². The molecule has 0 aliphatic carbocycles. The molecule has 0 atom stereocenters. The summed E-state index contributed by atoms with van der Waals surface area (Å²) < 4.78 is 7.34. The van der Waals surface area contributed by atoms with Crippen molar-refractivity contribution in [2.24, 2.45) is 0 Å². The molecule has 6 nitrogen and oxygen atoms in total. The van der Waals surface area contributed by atoms with Gasteiger partial charge < -0.3 is 9.64 Å². The predicted octanol–water partition coefficient (Wildman–Crippen LogP) is 3.85. The number of para-hydroxylation sites is 1. The molecule has 0 radical (unpaired) electrons. The maximum atomic E-state index is 12.5. The highest BCUT2D eigenvalue weighted by Crippen LogP contribution is 2.22. The Labute approximate surface area is 164 Å². The lowest BCUT2D eigenvalue weighted by Gasteiger charge is -2.22. The molecule has 1 aliphatic heterocycles. The number of ether oxygens (including phenoxy) is 1. The first-order valence-electron chi connectivity index (χ1n) is 9.61. The lowest BCUT2D eigenvalue weighted by Crippen LogP contribution is -2.38. The van der Waals surface area contributed by atoms with E-state index in [2.05, 4.69) is 22.1 Å². The average molecular weight is 376 g/mol. The second-order valence-electron chi connectivity index (χ2n) is 6.91. The summed E-state index contributed by atoms with van der Waals surface area (Å²) in [7, 11) is 0. The molecule has 0 unspecified atom stereocenters. The fourth-order valence-corrected chi connectivity index (χ4v) is 3.44. The molecule has 0 N–H and O–H groups in total. The van der Waals surface area contributed by atoms with Crippen LogP contribution in [0.2, 0.25) is 0 Å². The van der Waals surface area contributed by atoms with Crippen molar-refractivity contribution in [1.29, 1.82) is 0 Å². The van der Waals surface area contributed by atoms with Crippen LogP contribution in [0.25, 0.3) is 0 Å². The van der Waals surface area contributed by atoms with Gasteiger partial charge in [-0.3, -0.25) is 4.90 Å². The minimum Gasteiger partial charge on any atom is -0.457 e. The predicted molar refractivity (Wildman–Crippen MR) is 107 cm³/mol. The van der Waals surface area contributed by atoms with Gasteiger partial charge in [0, 0.05) is 45.1 Å². The summed E-state index contributed by atoms with van der Waals surface area (Å²) in [6.45, 7) is 4.12. The number of hydrogen-bond acceptors (Lipinski definition) is 4. The summed E-state index contributed by atoms with van der Waals surface area (Å²) in [6.07, 6.45) is 4.28. The minimum atomic E-state index is -0.0508. The van der Waals surface area contributed by atoms with Crippen LogP contribution in [0.1, 0.15) is 12.0 Å². The van der Waals surface area contributed by atoms with Gasteiger partial charge >= 0.3 is 6.03 Å². The third-order valence-electron chi connectivity index (χ3n) is 4.84. The molecule has 1 amide bonds. The topological polar surface area (TPSA) is 50.6 Å². The molecule has 2 aromatic carbocycles. The molecular formula is C22H24N4O2. The molecule has 1 saturated heterocycles. The van der Waals surface area contributed by atoms with Crippen LogP contribution >= 0.6 is 0 Å². The van der Waals surface area contributed by atoms with Gasteiger partial charge in [-0.1, -0.05) is 30.3 Å². The Morgan fingerprint density at radius 2 is 1.79 bits per heavy atom. The number of hydrogen-bond donors (Lipinski definition) is 0. The monoisotopic (exact) mass is 376 g/mol. The van der Waals surface area contributed by atoms with E-state index in [9.17, 15) is 4.79 Å². The summed E-state index contributed by atoms with van der Waals surface area (Å²) in [5.74, 6) is 1.68. The minimum absolute atomic E-state index is 0.0508. The molecule has 2 heterocycles. The number of nitrogens with zero attached hydrogens (tertiary/aromatic N) is 4. The van der Waals surface area contributed by atoms with Crippen LogP contribution in [0.15, 0.2) is 73.1 Å². The van der Waals surface area contributed by atoms with Crippen LogP contribution in [0, 0.1) is 0 Å². The molecule has 4 rings (SSSR count). The number of aromatic nitrogens is 2. The third kappa shape index (κ3) is 4.58. The number of carbonyl (C=O) groups is 1. The Hall–Kier alpha value is -3.12. The summed E-state index contributed by atoms with van der Waals surface area (Å²) in [5, 5.41) is 4.05. The van der Waals surface area contributed by atoms with Gasteiger partial charge in [-0.2, -0.15) is 9.78 Å². The first-order valence-corrected chi connectivity index (χ1v) is 9.61. The van der Waals surface area contributed by atoms with Gasteiger partial charge in [-0.25, -0.2) is 4.79 Å². The van der Waals surface area contributed by atoms with Crippen molar-refractivity contribution in [2.75, 3.05) is 26.2 Å². The Balaban J connectivity index is 1.36. The van der Waals surface area contributed by atoms with Gasteiger partial charge in [0.2, 0.25) is 0 Å². The van der Waals surface area contributed by atoms with Gasteiger partial charge in [0.05, 0.1) is 0 Å². The molecule has 1 fully saturated rings. The largest absolute Gasteiger partial charge is 0.457 e. The lowest BCUT2D eigenvalue weighted by molar-refractivity contribution is 0.196. The quantitative estimate of drug-likeness (QED) is 0.694. The van der Waals surface area contributed by atoms with Gasteiger partial charge in [-0.15, -0.1) is 0 Å². The fraction of sp³-hybridized carbons (Fsp3) is 0.273. The van der Waals surface area contributed by atoms with E-state index in [0.717, 1.165) is 44.1 Å². The van der Waals surface area contributed by atoms with Gasteiger partial charge in [-0.05, 0) is 42.3 Å². The van der Waals surface area contributed by atoms with Gasteiger partial charge in [0.25, 0.3) is 0 Å². The molecular weight excluding hydrogens is 352 g/mol. The van der Waals surface area contributed by atoms with Crippen molar-refractivity contribution in [3.8, 4) is 11.5 Å². The maximum Gasteiger partial charge on any atom is 0.344 e. The second-order valence-corrected chi connectivity index (χ2v) is 6.91. The third-order valence-corrected chi connectivity index (χ3v) is 4.84. The Bertz CT molecular complexity index is 896. The lowest BCUT2D eigenvalue weighted by atomic mass is 10.2. The molecule has 0 bridgehead atoms. The highest BCUT2D eigenvalue weighted by Gasteiger charge is 2.20. The number of amides is 1. The van der Waals surface area contributed by atoms with Crippen molar-refractivity contribution >= 4 is 6.03 Å². The Morgan fingerprint density at radius 3 is 2.61 bits per heavy atom. The molecule has 1 aliphatic rings. The molecule has 3 aromatic rings. The zero-order chi connectivity index (χ0) is 19.2. The summed E-state index contributed by atoms with van der Waals surface area (Å²) in [6, 6.07) is 19.7. The highest BCUT2D eigenvalue weighted by molar-refractivity contribution is 5.75. The molecule has 144 valence electrons. The van der Waals surface area contributed by atoms with Crippen LogP contribution in [0.4, 0.5) is 4.79 Å². The molecule has 6 heteroatoms. The maximum absolute atomic E-state index is 12.5. The molecule has 1 aromatic heterocycles. The van der Waals surface area contributed by atoms with Crippen LogP contribution < -0.4 is 4.74 Å². The first-order chi connectivity index (χ1) is 13.8. The number of rotatable bonds is 4. The van der Waals surface area contributed by atoms with E-state index in [1.165, 1.54) is 10.2 Å². The summed E-state index contributed by atoms with van der Waals surface area (Å²) in [5.41, 5.74) is 1.21. The van der Waals surface area contributed by atoms with E-state index in [0.29, 0.717) is 6.54 Å². The van der Waals surface area contributed by atoms with Crippen molar-refractivity contribution in [2.45, 2.75) is 13.0 Å². The van der Waals surface area contributed by atoms with E-state index in [-0.39, 0.29) is 6.03 Å². The second kappa shape index (κ2) is 8.71. The van der Waals surface area contributed by atoms with Crippen molar-refractivity contribution in [1.82, 2.24) is 19.6 Å². The van der Waals surface area contributed by atoms with E-state index in [1.807, 2.05) is 47.4 Å². The number of carbonyl (C=O) groups excluding carboxylic acids is 1. The molecule has 0 spiro atoms. The van der Waals surface area contributed by atoms with E-state index >= 15 is 0 Å². The zero-order valence-electron chi connectivity index (χ0n) is 15.8. The zero-order valence-corrected chi connectivity index (χ0v) is 15.8. The van der Waals surface area contributed by atoms with Crippen LogP contribution in [-0.2, 0) is 6.54 Å². The summed E-state index contributed by atoms with van der Waals surface area (Å²) >= 11 is 0. The average Bonchev–Trinajstić information content (AvgIpc) is 3.16. The van der Waals surface area contributed by atoms with E-state index in [1.54, 1.807) is 18.5 Å². The first kappa shape index (κ1) is 18.3. The van der Waals surface area contributed by atoms with E-state index < -0.39 is 0 Å². The van der Waals surface area contributed by atoms with Crippen LogP contribution in [0.5, 0.6) is 11.5 Å². The van der Waals surface area contributed by atoms with E-state index in [4.69, 9.17) is 4.74 Å². The Kier molecular flexibility index (Phi) is 5.68. The molecule has 28 heavy (non-hydrogen) atoms. The van der Waals surface area contributed by atoms with Crippen LogP contribution in [0.3, 0.4) is 0 Å². The van der Waals surface area contributed by atoms with Crippen molar-refractivity contribution < 1.29 is 9.53 Å². The standard InChI is InChI=1S/C22H24N4O2/c27-22(26-14-5-11-23-26)25-13-6-12-24(15-16-25)18-19-7-4-10-21(17-19)28-20-8-2-1-3-9-20/h1-5,7-11,14,17H,6,12-13,15-16,18H2. The Morgan fingerprint density at radius 1 is 0.929 bits per heavy atom. The molecule has 0 saturated carbocycles. The van der Waals surface area contributed by atoms with Crippen LogP contribution in [-0.4, -0.2) is 51.8 Å². The normalized spacial score (nSPS) is 15.2. The highest BCUT2D eigenvalue weighted by atomic mass is 16.5. The fourth-order valence-electron chi connectivity index (χ4n) is 3.44. The van der Waals surface area contributed by atoms with Crippen molar-refractivity contribution in [3.05, 3.63) is 78.6 Å². The SMILES string of the molecule is O=C(N1CCCN(Cc2cccc(Oc3ccccc3)c2)CC1)n1cccn1. The summed E-state index contributed by atoms with van der Waals surface area (Å²) in [4.78, 5) is 16.8.